The van der Waals surface area contributed by atoms with E-state index in [-0.39, 0.29) is 0 Å². The number of alkyl halides is 3. The van der Waals surface area contributed by atoms with Crippen molar-refractivity contribution in [1.29, 1.82) is 0 Å². The zero-order chi connectivity index (χ0) is 13.2. The van der Waals surface area contributed by atoms with Crippen LogP contribution < -0.4 is 15.9 Å². The number of hydrogen-bond donors (Lipinski definition) is 2. The van der Waals surface area contributed by atoms with Crippen molar-refractivity contribution in [3.05, 3.63) is 32.1 Å². The van der Waals surface area contributed by atoms with Crippen LogP contribution in [0.4, 0.5) is 18.9 Å². The lowest BCUT2D eigenvalue weighted by molar-refractivity contribution is -0.387. The Labute approximate surface area is 91.1 Å². The van der Waals surface area contributed by atoms with Crippen molar-refractivity contribution in [3.63, 3.8) is 0 Å². The molecule has 0 atom stereocenters. The van der Waals surface area contributed by atoms with Crippen molar-refractivity contribution in [3.8, 4) is 5.88 Å². The quantitative estimate of drug-likeness (QED) is 0.606. The summed E-state index contributed by atoms with van der Waals surface area (Å²) < 4.78 is 39.0. The minimum absolute atomic E-state index is 0.338. The minimum Gasteiger partial charge on any atom is -0.390 e. The summed E-state index contributed by atoms with van der Waals surface area (Å²) in [6.45, 7) is -0.499. The summed E-state index contributed by atoms with van der Waals surface area (Å²) in [7, 11) is 0. The van der Waals surface area contributed by atoms with Gasteiger partial charge in [-0.2, -0.15) is 0 Å². The Kier molecular flexibility index (Phi) is 3.36. The molecule has 0 aliphatic rings. The van der Waals surface area contributed by atoms with Gasteiger partial charge in [0.05, 0.1) is 11.0 Å². The fourth-order valence-electron chi connectivity index (χ4n) is 1.11. The summed E-state index contributed by atoms with van der Waals surface area (Å²) in [5, 5.41) is 10.5. The van der Waals surface area contributed by atoms with E-state index in [9.17, 15) is 28.1 Å². The monoisotopic (exact) mass is 253 g/mol. The molecule has 1 aromatic heterocycles. The highest BCUT2D eigenvalue weighted by Crippen LogP contribution is 2.22. The molecule has 0 unspecified atom stereocenters. The van der Waals surface area contributed by atoms with E-state index in [0.717, 1.165) is 0 Å². The van der Waals surface area contributed by atoms with E-state index in [1.165, 1.54) is 0 Å². The van der Waals surface area contributed by atoms with E-state index in [2.05, 4.69) is 4.74 Å². The summed E-state index contributed by atoms with van der Waals surface area (Å²) in [5.41, 5.74) is 2.52. The lowest BCUT2D eigenvalue weighted by Crippen LogP contribution is -2.21. The first-order valence-corrected chi connectivity index (χ1v) is 4.11. The van der Waals surface area contributed by atoms with E-state index in [4.69, 9.17) is 5.73 Å². The van der Waals surface area contributed by atoms with Gasteiger partial charge in [0.2, 0.25) is 5.88 Å². The zero-order valence-corrected chi connectivity index (χ0v) is 8.08. The lowest BCUT2D eigenvalue weighted by Gasteiger charge is -2.09. The maximum absolute atomic E-state index is 11.9. The third-order valence-electron chi connectivity index (χ3n) is 1.67. The number of pyridine rings is 1. The molecule has 10 heteroatoms. The van der Waals surface area contributed by atoms with Gasteiger partial charge in [0.25, 0.3) is 5.43 Å². The molecular formula is C7H6F3N3O4. The number of nitrogens with two attached hydrogens (primary N) is 1. The first-order chi connectivity index (χ1) is 7.74. The Morgan fingerprint density at radius 2 is 2.12 bits per heavy atom. The Hall–Kier alpha value is -2.10. The Bertz CT molecular complexity index is 496. The van der Waals surface area contributed by atoms with Crippen LogP contribution in [0.2, 0.25) is 0 Å². The molecule has 94 valence electrons. The van der Waals surface area contributed by atoms with Gasteiger partial charge in [0.1, 0.15) is 5.69 Å². The first-order valence-electron chi connectivity index (χ1n) is 4.11. The van der Waals surface area contributed by atoms with Crippen molar-refractivity contribution in [2.45, 2.75) is 12.9 Å². The number of halogens is 3. The molecule has 0 saturated heterocycles. The number of ether oxygens (including phenoxy) is 1. The molecule has 1 aromatic rings. The third kappa shape index (κ3) is 3.17. The van der Waals surface area contributed by atoms with Crippen molar-refractivity contribution in [2.24, 2.45) is 5.73 Å². The number of nitrogens with zero attached hydrogens (tertiary/aromatic N) is 1. The molecule has 7 nitrogen and oxygen atoms in total. The second-order valence-corrected chi connectivity index (χ2v) is 2.83. The number of nitrogens with one attached hydrogen (secondary N) is 1. The maximum atomic E-state index is 11.9. The SMILES string of the molecule is NCc1[nH]c(OC(F)(F)F)cc(=O)c1[N+](=O)[O-]. The predicted octanol–water partition coefficient (Wildman–Crippen LogP) is 0.640. The van der Waals surface area contributed by atoms with Crippen LogP contribution in [-0.4, -0.2) is 16.3 Å². The van der Waals surface area contributed by atoms with Crippen molar-refractivity contribution in [2.75, 3.05) is 0 Å². The molecule has 0 spiro atoms. The summed E-state index contributed by atoms with van der Waals surface area (Å²) in [4.78, 5) is 22.6. The largest absolute Gasteiger partial charge is 0.574 e. The number of H-pyrrole nitrogens is 1. The van der Waals surface area contributed by atoms with Gasteiger partial charge >= 0.3 is 12.0 Å². The molecule has 0 radical (unpaired) electrons. The van der Waals surface area contributed by atoms with Gasteiger partial charge in [-0.1, -0.05) is 0 Å². The second kappa shape index (κ2) is 4.41. The average Bonchev–Trinajstić information content (AvgIpc) is 2.12. The van der Waals surface area contributed by atoms with Crippen LogP contribution in [0.25, 0.3) is 0 Å². The Morgan fingerprint density at radius 3 is 2.53 bits per heavy atom. The van der Waals surface area contributed by atoms with Gasteiger partial charge in [-0.15, -0.1) is 13.2 Å². The summed E-state index contributed by atoms with van der Waals surface area (Å²) in [6, 6.07) is 0.338. The molecule has 0 fully saturated rings. The topological polar surface area (TPSA) is 111 Å². The van der Waals surface area contributed by atoms with Crippen LogP contribution >= 0.6 is 0 Å². The fourth-order valence-corrected chi connectivity index (χ4v) is 1.11. The highest BCUT2D eigenvalue weighted by molar-refractivity contribution is 5.37. The standard InChI is InChI=1S/C7H6F3N3O4/c8-7(9,10)17-5-1-4(14)6(13(15)16)3(2-11)12-5/h1H,2,11H2,(H,12,14). The molecule has 17 heavy (non-hydrogen) atoms. The molecule has 3 N–H and O–H groups in total. The molecule has 0 saturated carbocycles. The van der Waals surface area contributed by atoms with Gasteiger partial charge in [-0.3, -0.25) is 14.9 Å². The first kappa shape index (κ1) is 13.0. The lowest BCUT2D eigenvalue weighted by atomic mass is 10.3. The smallest absolute Gasteiger partial charge is 0.390 e. The van der Waals surface area contributed by atoms with Crippen LogP contribution in [0.15, 0.2) is 10.9 Å². The van der Waals surface area contributed by atoms with Gasteiger partial charge in [-0.25, -0.2) is 0 Å². The number of aromatic nitrogens is 1. The normalized spacial score (nSPS) is 11.3. The van der Waals surface area contributed by atoms with Crippen LogP contribution in [0, 0.1) is 10.1 Å². The van der Waals surface area contributed by atoms with Crippen LogP contribution in [0.1, 0.15) is 5.69 Å². The highest BCUT2D eigenvalue weighted by Gasteiger charge is 2.32. The van der Waals surface area contributed by atoms with Gasteiger partial charge < -0.3 is 15.5 Å². The van der Waals surface area contributed by atoms with Crippen molar-refractivity contribution >= 4 is 5.69 Å². The van der Waals surface area contributed by atoms with Gasteiger partial charge in [0, 0.05) is 6.54 Å². The molecule has 0 aliphatic carbocycles. The predicted molar refractivity (Wildman–Crippen MR) is 48.3 cm³/mol. The summed E-state index contributed by atoms with van der Waals surface area (Å²) >= 11 is 0. The van der Waals surface area contributed by atoms with E-state index < -0.39 is 40.5 Å². The molecule has 0 aliphatic heterocycles. The van der Waals surface area contributed by atoms with Crippen LogP contribution in [-0.2, 0) is 6.54 Å². The Morgan fingerprint density at radius 1 is 1.53 bits per heavy atom. The molecule has 0 aromatic carbocycles. The van der Waals surface area contributed by atoms with E-state index >= 15 is 0 Å². The second-order valence-electron chi connectivity index (χ2n) is 2.83. The van der Waals surface area contributed by atoms with Crippen molar-refractivity contribution in [1.82, 2.24) is 4.98 Å². The summed E-state index contributed by atoms with van der Waals surface area (Å²) in [5.74, 6) is -0.950. The highest BCUT2D eigenvalue weighted by atomic mass is 19.4. The van der Waals surface area contributed by atoms with E-state index in [1.54, 1.807) is 0 Å². The summed E-state index contributed by atoms with van der Waals surface area (Å²) in [6.07, 6.45) is -5.01. The third-order valence-corrected chi connectivity index (χ3v) is 1.67. The van der Waals surface area contributed by atoms with E-state index in [1.807, 2.05) is 4.98 Å². The minimum atomic E-state index is -5.01. The molecule has 0 bridgehead atoms. The molecule has 1 rings (SSSR count). The zero-order valence-electron chi connectivity index (χ0n) is 8.08. The number of rotatable bonds is 3. The number of aromatic amines is 1. The van der Waals surface area contributed by atoms with Gasteiger partial charge in [0.15, 0.2) is 0 Å². The van der Waals surface area contributed by atoms with E-state index in [0.29, 0.717) is 6.07 Å². The molecule has 1 heterocycles. The average molecular weight is 253 g/mol. The van der Waals surface area contributed by atoms with Gasteiger partial charge in [-0.05, 0) is 0 Å². The van der Waals surface area contributed by atoms with Crippen LogP contribution in [0.5, 0.6) is 5.88 Å². The number of nitro groups is 1. The number of hydrogen-bond acceptors (Lipinski definition) is 5. The molecular weight excluding hydrogens is 247 g/mol. The fraction of sp³-hybridized carbons (Fsp3) is 0.286. The Balaban J connectivity index is 3.28. The van der Waals surface area contributed by atoms with Crippen LogP contribution in [0.3, 0.4) is 0 Å². The van der Waals surface area contributed by atoms with Crippen molar-refractivity contribution < 1.29 is 22.8 Å². The molecule has 0 amide bonds. The maximum Gasteiger partial charge on any atom is 0.574 e.